The average molecular weight is 477 g/mol. The van der Waals surface area contributed by atoms with Crippen LogP contribution >= 0.6 is 11.8 Å². The van der Waals surface area contributed by atoms with E-state index in [0.29, 0.717) is 34.5 Å². The van der Waals surface area contributed by atoms with Gasteiger partial charge in [0.05, 0.1) is 15.8 Å². The van der Waals surface area contributed by atoms with Crippen molar-refractivity contribution in [3.8, 4) is 0 Å². The molecule has 0 unspecified atom stereocenters. The Kier molecular flexibility index (Phi) is 7.22. The van der Waals surface area contributed by atoms with Crippen LogP contribution in [0.3, 0.4) is 0 Å². The molecular formula is C25H24N4O4S. The SMILES string of the molecule is Cc1ccc(/C=C2\SC(=O)N(CCNC(=O)CCCc3nc4ccccc4c(=O)[nH]3)C2=O)cc1. The lowest BCUT2D eigenvalue weighted by Gasteiger charge is -2.13. The number of rotatable bonds is 8. The molecule has 174 valence electrons. The van der Waals surface area contributed by atoms with Crippen molar-refractivity contribution in [1.29, 1.82) is 0 Å². The summed E-state index contributed by atoms with van der Waals surface area (Å²) in [6, 6.07) is 14.8. The van der Waals surface area contributed by atoms with Crippen LogP contribution in [-0.2, 0) is 16.0 Å². The minimum atomic E-state index is -0.351. The van der Waals surface area contributed by atoms with Gasteiger partial charge >= 0.3 is 0 Å². The van der Waals surface area contributed by atoms with Crippen LogP contribution in [0.4, 0.5) is 4.79 Å². The van der Waals surface area contributed by atoms with E-state index in [9.17, 15) is 19.2 Å². The minimum absolute atomic E-state index is 0.112. The van der Waals surface area contributed by atoms with Gasteiger partial charge in [0.1, 0.15) is 5.82 Å². The van der Waals surface area contributed by atoms with Crippen molar-refractivity contribution in [2.75, 3.05) is 13.1 Å². The summed E-state index contributed by atoms with van der Waals surface area (Å²) in [6.45, 7) is 2.27. The highest BCUT2D eigenvalue weighted by molar-refractivity contribution is 8.18. The topological polar surface area (TPSA) is 112 Å². The molecule has 0 radical (unpaired) electrons. The fraction of sp³-hybridized carbons (Fsp3) is 0.240. The second-order valence-electron chi connectivity index (χ2n) is 7.98. The van der Waals surface area contributed by atoms with Gasteiger partial charge in [-0.05, 0) is 48.9 Å². The number of benzene rings is 2. The number of amides is 3. The summed E-state index contributed by atoms with van der Waals surface area (Å²) in [5, 5.41) is 2.93. The molecule has 0 saturated carbocycles. The van der Waals surface area contributed by atoms with E-state index < -0.39 is 0 Å². The Balaban J connectivity index is 1.23. The summed E-state index contributed by atoms with van der Waals surface area (Å²) in [5.41, 5.74) is 2.40. The number of para-hydroxylation sites is 1. The maximum absolute atomic E-state index is 12.6. The molecule has 34 heavy (non-hydrogen) atoms. The zero-order chi connectivity index (χ0) is 24.1. The van der Waals surface area contributed by atoms with Crippen molar-refractivity contribution in [3.63, 3.8) is 0 Å². The number of hydrogen-bond acceptors (Lipinski definition) is 6. The van der Waals surface area contributed by atoms with Crippen LogP contribution in [0.15, 0.2) is 58.2 Å². The molecule has 4 rings (SSSR count). The van der Waals surface area contributed by atoms with Crippen LogP contribution in [0.25, 0.3) is 17.0 Å². The van der Waals surface area contributed by atoms with Gasteiger partial charge in [-0.3, -0.25) is 24.1 Å². The van der Waals surface area contributed by atoms with E-state index in [2.05, 4.69) is 15.3 Å². The number of carbonyl (C=O) groups excluding carboxylic acids is 3. The molecule has 0 bridgehead atoms. The van der Waals surface area contributed by atoms with Crippen molar-refractivity contribution >= 4 is 45.8 Å². The van der Waals surface area contributed by atoms with E-state index >= 15 is 0 Å². The number of aromatic nitrogens is 2. The summed E-state index contributed by atoms with van der Waals surface area (Å²) < 4.78 is 0. The van der Waals surface area contributed by atoms with E-state index in [4.69, 9.17) is 0 Å². The number of H-pyrrole nitrogens is 1. The molecule has 0 atom stereocenters. The van der Waals surface area contributed by atoms with E-state index in [1.807, 2.05) is 37.3 Å². The number of hydrogen-bond donors (Lipinski definition) is 2. The average Bonchev–Trinajstić information content (AvgIpc) is 3.08. The molecular weight excluding hydrogens is 452 g/mol. The summed E-state index contributed by atoms with van der Waals surface area (Å²) in [4.78, 5) is 57.8. The molecule has 1 saturated heterocycles. The second kappa shape index (κ2) is 10.5. The van der Waals surface area contributed by atoms with Crippen LogP contribution < -0.4 is 10.9 Å². The molecule has 3 aromatic rings. The first kappa shape index (κ1) is 23.4. The van der Waals surface area contributed by atoms with Crippen molar-refractivity contribution in [3.05, 3.63) is 80.7 Å². The van der Waals surface area contributed by atoms with E-state index in [1.54, 1.807) is 24.3 Å². The quantitative estimate of drug-likeness (QED) is 0.482. The first-order valence-corrected chi connectivity index (χ1v) is 11.8. The number of nitrogens with zero attached hydrogens (tertiary/aromatic N) is 2. The number of aromatic amines is 1. The van der Waals surface area contributed by atoms with Gasteiger partial charge in [-0.25, -0.2) is 4.98 Å². The third kappa shape index (κ3) is 5.60. The van der Waals surface area contributed by atoms with Crippen LogP contribution in [0.1, 0.15) is 29.8 Å². The largest absolute Gasteiger partial charge is 0.354 e. The fourth-order valence-electron chi connectivity index (χ4n) is 3.57. The normalized spacial score (nSPS) is 14.9. The number of nitrogens with one attached hydrogen (secondary N) is 2. The van der Waals surface area contributed by atoms with Gasteiger partial charge in [0.25, 0.3) is 16.7 Å². The number of aryl methyl sites for hydroxylation is 2. The molecule has 1 aliphatic rings. The first-order valence-electron chi connectivity index (χ1n) is 11.0. The van der Waals surface area contributed by atoms with Gasteiger partial charge in [0.2, 0.25) is 5.91 Å². The highest BCUT2D eigenvalue weighted by atomic mass is 32.2. The molecule has 2 N–H and O–H groups in total. The molecule has 8 nitrogen and oxygen atoms in total. The van der Waals surface area contributed by atoms with Crippen molar-refractivity contribution in [2.24, 2.45) is 0 Å². The summed E-state index contributed by atoms with van der Waals surface area (Å²) >= 11 is 0.903. The summed E-state index contributed by atoms with van der Waals surface area (Å²) in [6.07, 6.45) is 2.91. The first-order chi connectivity index (χ1) is 16.4. The maximum Gasteiger partial charge on any atom is 0.293 e. The van der Waals surface area contributed by atoms with Crippen LogP contribution in [-0.4, -0.2) is 45.0 Å². The van der Waals surface area contributed by atoms with E-state index in [-0.39, 0.29) is 42.1 Å². The lowest BCUT2D eigenvalue weighted by Crippen LogP contribution is -2.37. The molecule has 0 spiro atoms. The highest BCUT2D eigenvalue weighted by Gasteiger charge is 2.34. The molecule has 3 amide bonds. The molecule has 2 heterocycles. The number of imide groups is 1. The Morgan fingerprint density at radius 1 is 1.12 bits per heavy atom. The van der Waals surface area contributed by atoms with Crippen molar-refractivity contribution in [1.82, 2.24) is 20.2 Å². The lowest BCUT2D eigenvalue weighted by atomic mass is 10.1. The Hall–Kier alpha value is -3.72. The Morgan fingerprint density at radius 2 is 1.88 bits per heavy atom. The number of carbonyl (C=O) groups is 3. The lowest BCUT2D eigenvalue weighted by molar-refractivity contribution is -0.124. The number of thioether (sulfide) groups is 1. The van der Waals surface area contributed by atoms with Gasteiger partial charge in [-0.2, -0.15) is 0 Å². The second-order valence-corrected chi connectivity index (χ2v) is 8.97. The van der Waals surface area contributed by atoms with E-state index in [1.165, 1.54) is 0 Å². The predicted molar refractivity (Wildman–Crippen MR) is 132 cm³/mol. The molecule has 2 aromatic carbocycles. The summed E-state index contributed by atoms with van der Waals surface area (Å²) in [7, 11) is 0. The molecule has 1 aromatic heterocycles. The van der Waals surface area contributed by atoms with E-state index in [0.717, 1.165) is 27.8 Å². The maximum atomic E-state index is 12.6. The number of fused-ring (bicyclic) bond motifs is 1. The van der Waals surface area contributed by atoms with Crippen molar-refractivity contribution < 1.29 is 14.4 Å². The van der Waals surface area contributed by atoms with Gasteiger partial charge in [-0.15, -0.1) is 0 Å². The van der Waals surface area contributed by atoms with Crippen molar-refractivity contribution in [2.45, 2.75) is 26.2 Å². The third-order valence-corrected chi connectivity index (χ3v) is 6.29. The minimum Gasteiger partial charge on any atom is -0.354 e. The zero-order valence-electron chi connectivity index (χ0n) is 18.7. The van der Waals surface area contributed by atoms with Crippen LogP contribution in [0.5, 0.6) is 0 Å². The Bertz CT molecular complexity index is 1330. The fourth-order valence-corrected chi connectivity index (χ4v) is 4.44. The van der Waals surface area contributed by atoms with Crippen LogP contribution in [0, 0.1) is 6.92 Å². The predicted octanol–water partition coefficient (Wildman–Crippen LogP) is 3.41. The Labute approximate surface area is 200 Å². The Morgan fingerprint density at radius 3 is 2.68 bits per heavy atom. The monoisotopic (exact) mass is 476 g/mol. The summed E-state index contributed by atoms with van der Waals surface area (Å²) in [5.74, 6) is -0.00357. The molecule has 1 aliphatic heterocycles. The van der Waals surface area contributed by atoms with Gasteiger partial charge in [-0.1, -0.05) is 42.0 Å². The van der Waals surface area contributed by atoms with Gasteiger partial charge in [0, 0.05) is 25.9 Å². The standard InChI is InChI=1S/C25H24N4O4S/c1-16-9-11-17(12-10-16)15-20-24(32)29(25(33)34-20)14-13-26-22(30)8-4-7-21-27-19-6-3-2-5-18(19)23(31)28-21/h2-3,5-6,9-12,15H,4,7-8,13-14H2,1H3,(H,26,30)(H,27,28,31)/b20-15-. The van der Waals surface area contributed by atoms with Crippen LogP contribution in [0.2, 0.25) is 0 Å². The molecule has 1 fully saturated rings. The van der Waals surface area contributed by atoms with Gasteiger partial charge < -0.3 is 10.3 Å². The zero-order valence-corrected chi connectivity index (χ0v) is 19.5. The molecule has 0 aliphatic carbocycles. The molecule has 9 heteroatoms. The highest BCUT2D eigenvalue weighted by Crippen LogP contribution is 2.31. The third-order valence-electron chi connectivity index (χ3n) is 5.39. The smallest absolute Gasteiger partial charge is 0.293 e. The van der Waals surface area contributed by atoms with Gasteiger partial charge in [0.15, 0.2) is 0 Å².